The maximum Gasteiger partial charge on any atom is 0.162 e. The second kappa shape index (κ2) is 20.0. The Morgan fingerprint density at radius 1 is 0.364 bits per heavy atom. The normalized spacial score (nSPS) is 10.5. The van der Waals surface area contributed by atoms with Gasteiger partial charge in [-0.3, -0.25) is 0 Å². The van der Waals surface area contributed by atoms with Crippen molar-refractivity contribution in [2.75, 3.05) is 26.4 Å². The molecule has 0 atom stereocenters. The maximum absolute atomic E-state index is 6.06. The van der Waals surface area contributed by atoms with Crippen LogP contribution in [0.2, 0.25) is 0 Å². The van der Waals surface area contributed by atoms with Gasteiger partial charge in [-0.1, -0.05) is 77.1 Å². The summed E-state index contributed by atoms with van der Waals surface area (Å²) in [5.41, 5.74) is 2.74. The second-order valence-electron chi connectivity index (χ2n) is 10.00. The molecule has 0 N–H and O–H groups in total. The van der Waals surface area contributed by atoms with E-state index >= 15 is 0 Å². The molecule has 2 aromatic rings. The zero-order valence-corrected chi connectivity index (χ0v) is 26.4. The Morgan fingerprint density at radius 3 is 0.795 bits per heavy atom. The van der Waals surface area contributed by atoms with Gasteiger partial charge in [-0.15, -0.1) is 0 Å². The van der Waals surface area contributed by atoms with Gasteiger partial charge in [0, 0.05) is 46.5 Å². The van der Waals surface area contributed by atoms with Crippen molar-refractivity contribution < 1.29 is 18.9 Å². The van der Waals surface area contributed by atoms with Crippen molar-refractivity contribution in [1.29, 1.82) is 0 Å². The molecule has 0 unspecified atom stereocenters. The van der Waals surface area contributed by atoms with E-state index in [2.05, 4.69) is 98.7 Å². The standard InChI is InChI=1S/C40H40O4/c1-5-9-25-41-37-29-33-21-17-13-14-19-23-35-31-39(43-27-11-7-3)40(44-28-12-8-4)32-36(35)24-20-16-15-18-22-34(33)30-38(37)42-26-10-6-2/h29-32H,5-12,25-28H2,1-4H3. The van der Waals surface area contributed by atoms with E-state index in [-0.39, 0.29) is 0 Å². The van der Waals surface area contributed by atoms with Crippen LogP contribution >= 0.6 is 0 Å². The van der Waals surface area contributed by atoms with Gasteiger partial charge in [0.15, 0.2) is 23.0 Å². The van der Waals surface area contributed by atoms with E-state index in [1.54, 1.807) is 0 Å². The van der Waals surface area contributed by atoms with Crippen LogP contribution in [-0.2, 0) is 0 Å². The summed E-state index contributed by atoms with van der Waals surface area (Å²) >= 11 is 0. The lowest BCUT2D eigenvalue weighted by Crippen LogP contribution is -2.03. The van der Waals surface area contributed by atoms with Crippen molar-refractivity contribution in [1.82, 2.24) is 0 Å². The summed E-state index contributed by atoms with van der Waals surface area (Å²) in [4.78, 5) is 0. The third-order valence-electron chi connectivity index (χ3n) is 6.35. The average molecular weight is 585 g/mol. The minimum Gasteiger partial charge on any atom is -0.490 e. The molecule has 0 saturated carbocycles. The third-order valence-corrected chi connectivity index (χ3v) is 6.35. The smallest absolute Gasteiger partial charge is 0.162 e. The number of hydrogen-bond acceptors (Lipinski definition) is 4. The summed E-state index contributed by atoms with van der Waals surface area (Å²) in [6, 6.07) is 7.48. The van der Waals surface area contributed by atoms with Gasteiger partial charge >= 0.3 is 0 Å². The number of fused-ring (bicyclic) bond motifs is 2. The molecule has 0 amide bonds. The highest BCUT2D eigenvalue weighted by Crippen LogP contribution is 2.32. The summed E-state index contributed by atoms with van der Waals surface area (Å²) in [6.45, 7) is 10.9. The van der Waals surface area contributed by atoms with E-state index in [1.165, 1.54) is 0 Å². The van der Waals surface area contributed by atoms with Crippen LogP contribution in [0.5, 0.6) is 23.0 Å². The summed E-state index contributed by atoms with van der Waals surface area (Å²) in [5.74, 6) is 38.1. The zero-order chi connectivity index (χ0) is 31.2. The lowest BCUT2D eigenvalue weighted by molar-refractivity contribution is 0.262. The third kappa shape index (κ3) is 11.3. The van der Waals surface area contributed by atoms with Gasteiger partial charge in [0.2, 0.25) is 0 Å². The predicted octanol–water partition coefficient (Wildman–Crippen LogP) is 7.53. The van der Waals surface area contributed by atoms with E-state index in [0.29, 0.717) is 71.7 Å². The van der Waals surface area contributed by atoms with Crippen LogP contribution < -0.4 is 18.9 Å². The highest BCUT2D eigenvalue weighted by molar-refractivity contribution is 5.63. The van der Waals surface area contributed by atoms with Crippen molar-refractivity contribution in [3.63, 3.8) is 0 Å². The van der Waals surface area contributed by atoms with Crippen LogP contribution in [0, 0.1) is 71.0 Å². The minimum atomic E-state index is 0.595. The first-order valence-corrected chi connectivity index (χ1v) is 15.6. The Morgan fingerprint density at radius 2 is 0.591 bits per heavy atom. The van der Waals surface area contributed by atoms with Gasteiger partial charge in [-0.05, 0) is 73.0 Å². The Kier molecular flexibility index (Phi) is 15.2. The van der Waals surface area contributed by atoms with Crippen LogP contribution in [0.4, 0.5) is 0 Å². The number of hydrogen-bond donors (Lipinski definition) is 0. The highest BCUT2D eigenvalue weighted by Gasteiger charge is 2.12. The van der Waals surface area contributed by atoms with Crippen LogP contribution in [-0.4, -0.2) is 26.4 Å². The first-order valence-electron chi connectivity index (χ1n) is 15.6. The number of ether oxygens (including phenoxy) is 4. The minimum absolute atomic E-state index is 0.595. The molecule has 0 radical (unpaired) electrons. The number of unbranched alkanes of at least 4 members (excludes halogenated alkanes) is 4. The first kappa shape index (κ1) is 33.5. The molecule has 0 spiro atoms. The topological polar surface area (TPSA) is 36.9 Å². The van der Waals surface area contributed by atoms with Crippen molar-refractivity contribution in [2.24, 2.45) is 0 Å². The van der Waals surface area contributed by atoms with Gasteiger partial charge in [0.1, 0.15) is 0 Å². The SMILES string of the molecule is CCCCOc1cc2c(cc1OCCCC)C#CC#CC#Cc1cc(OCCCC)c(OCCCC)cc1C#CC#CC#C2. The molecule has 0 fully saturated rings. The summed E-state index contributed by atoms with van der Waals surface area (Å²) in [5, 5.41) is 0. The molecular weight excluding hydrogens is 544 g/mol. The van der Waals surface area contributed by atoms with Crippen LogP contribution in [0.25, 0.3) is 0 Å². The molecular formula is C40H40O4. The monoisotopic (exact) mass is 584 g/mol. The average Bonchev–Trinajstić information content (AvgIpc) is 3.02. The number of rotatable bonds is 16. The Bertz CT molecular complexity index is 1400. The Hall–Kier alpha value is -5.00. The molecule has 224 valence electrons. The molecule has 0 saturated heterocycles. The van der Waals surface area contributed by atoms with Crippen molar-refractivity contribution in [3.05, 3.63) is 46.5 Å². The van der Waals surface area contributed by atoms with Crippen LogP contribution in [0.3, 0.4) is 0 Å². The second-order valence-corrected chi connectivity index (χ2v) is 10.00. The first-order chi connectivity index (χ1) is 21.7. The van der Waals surface area contributed by atoms with Gasteiger partial charge in [0.05, 0.1) is 26.4 Å². The van der Waals surface area contributed by atoms with Crippen molar-refractivity contribution in [3.8, 4) is 94.0 Å². The maximum atomic E-state index is 6.06. The fourth-order valence-electron chi connectivity index (χ4n) is 3.81. The lowest BCUT2D eigenvalue weighted by atomic mass is 10.1. The van der Waals surface area contributed by atoms with E-state index in [1.807, 2.05) is 24.3 Å². The fourth-order valence-corrected chi connectivity index (χ4v) is 3.81. The molecule has 4 nitrogen and oxygen atoms in total. The molecule has 4 heteroatoms. The molecule has 2 aromatic carbocycles. The lowest BCUT2D eigenvalue weighted by Gasteiger charge is -2.14. The number of benzene rings is 2. The Balaban J connectivity index is 2.04. The summed E-state index contributed by atoms with van der Waals surface area (Å²) in [6.07, 6.45) is 7.91. The largest absolute Gasteiger partial charge is 0.490 e. The molecule has 0 aliphatic heterocycles. The van der Waals surface area contributed by atoms with Gasteiger partial charge in [0.25, 0.3) is 0 Å². The van der Waals surface area contributed by atoms with Crippen LogP contribution in [0.1, 0.15) is 101 Å². The molecule has 3 rings (SSSR count). The molecule has 0 aromatic heterocycles. The van der Waals surface area contributed by atoms with Gasteiger partial charge in [-0.25, -0.2) is 0 Å². The molecule has 0 bridgehead atoms. The molecule has 1 aliphatic rings. The predicted molar refractivity (Wildman–Crippen MR) is 178 cm³/mol. The Labute approximate surface area is 264 Å². The zero-order valence-electron chi connectivity index (χ0n) is 26.4. The van der Waals surface area contributed by atoms with Crippen molar-refractivity contribution >= 4 is 0 Å². The van der Waals surface area contributed by atoms with Crippen LogP contribution in [0.15, 0.2) is 24.3 Å². The summed E-state index contributed by atoms with van der Waals surface area (Å²) < 4.78 is 24.2. The van der Waals surface area contributed by atoms with E-state index < -0.39 is 0 Å². The molecule has 1 aliphatic carbocycles. The molecule has 0 heterocycles. The fraction of sp³-hybridized carbons (Fsp3) is 0.400. The quantitative estimate of drug-likeness (QED) is 0.151. The van der Waals surface area contributed by atoms with Crippen molar-refractivity contribution in [2.45, 2.75) is 79.1 Å². The van der Waals surface area contributed by atoms with Gasteiger partial charge in [-0.2, -0.15) is 0 Å². The van der Waals surface area contributed by atoms with Gasteiger partial charge < -0.3 is 18.9 Å². The summed E-state index contributed by atoms with van der Waals surface area (Å²) in [7, 11) is 0. The molecule has 44 heavy (non-hydrogen) atoms. The van der Waals surface area contributed by atoms with E-state index in [0.717, 1.165) is 51.4 Å². The van der Waals surface area contributed by atoms with E-state index in [9.17, 15) is 0 Å². The highest BCUT2D eigenvalue weighted by atomic mass is 16.5. The van der Waals surface area contributed by atoms with E-state index in [4.69, 9.17) is 18.9 Å².